The fourth-order valence-electron chi connectivity index (χ4n) is 1.59. The molecule has 4 heteroatoms. The first-order valence-corrected chi connectivity index (χ1v) is 6.35. The van der Waals surface area contributed by atoms with Gasteiger partial charge in [-0.05, 0) is 35.4 Å². The predicted molar refractivity (Wildman–Crippen MR) is 78.9 cm³/mol. The molecule has 0 bridgehead atoms. The molecule has 2 nitrogen and oxygen atoms in total. The Morgan fingerprint density at radius 3 is 2.39 bits per heavy atom. The summed E-state index contributed by atoms with van der Waals surface area (Å²) in [6.45, 7) is 0. The Morgan fingerprint density at radius 1 is 1.06 bits per heavy atom. The molecule has 18 heavy (non-hydrogen) atoms. The van der Waals surface area contributed by atoms with Crippen molar-refractivity contribution in [1.82, 2.24) is 0 Å². The standard InChI is InChI=1S/C14H12Cl2N2/c15-9-14(17)18-13-6-4-10(5-7-13)11-2-1-3-12(16)8-11/h1-8H,9H2,(H2,17,18). The number of rotatable bonds is 3. The molecule has 0 saturated carbocycles. The molecule has 0 unspecified atom stereocenters. The van der Waals surface area contributed by atoms with Crippen molar-refractivity contribution >= 4 is 34.7 Å². The third kappa shape index (κ3) is 3.25. The molecule has 0 aromatic heterocycles. The van der Waals surface area contributed by atoms with Crippen molar-refractivity contribution < 1.29 is 0 Å². The van der Waals surface area contributed by atoms with Crippen LogP contribution in [-0.4, -0.2) is 11.7 Å². The van der Waals surface area contributed by atoms with Crippen molar-refractivity contribution in [2.24, 2.45) is 10.7 Å². The van der Waals surface area contributed by atoms with E-state index in [9.17, 15) is 0 Å². The molecule has 0 aliphatic carbocycles. The van der Waals surface area contributed by atoms with Crippen molar-refractivity contribution in [2.45, 2.75) is 0 Å². The minimum Gasteiger partial charge on any atom is -0.386 e. The lowest BCUT2D eigenvalue weighted by Gasteiger charge is -2.03. The molecule has 0 saturated heterocycles. The van der Waals surface area contributed by atoms with Crippen LogP contribution < -0.4 is 5.73 Å². The lowest BCUT2D eigenvalue weighted by Crippen LogP contribution is -2.12. The van der Waals surface area contributed by atoms with Crippen LogP contribution in [0.15, 0.2) is 53.5 Å². The second-order valence-electron chi connectivity index (χ2n) is 3.79. The molecule has 2 rings (SSSR count). The highest BCUT2D eigenvalue weighted by Crippen LogP contribution is 2.24. The van der Waals surface area contributed by atoms with Gasteiger partial charge in [0.2, 0.25) is 0 Å². The van der Waals surface area contributed by atoms with Crippen molar-refractivity contribution in [2.75, 3.05) is 5.88 Å². The third-order valence-electron chi connectivity index (χ3n) is 2.43. The van der Waals surface area contributed by atoms with Gasteiger partial charge in [-0.3, -0.25) is 0 Å². The van der Waals surface area contributed by atoms with E-state index in [2.05, 4.69) is 4.99 Å². The zero-order chi connectivity index (χ0) is 13.0. The average Bonchev–Trinajstić information content (AvgIpc) is 2.39. The predicted octanol–water partition coefficient (Wildman–Crippen LogP) is 4.23. The SMILES string of the molecule is NC(CCl)=Nc1ccc(-c2cccc(Cl)c2)cc1. The Kier molecular flexibility index (Phi) is 4.24. The van der Waals surface area contributed by atoms with E-state index in [0.29, 0.717) is 5.84 Å². The molecule has 0 radical (unpaired) electrons. The van der Waals surface area contributed by atoms with Gasteiger partial charge in [0.25, 0.3) is 0 Å². The van der Waals surface area contributed by atoms with E-state index >= 15 is 0 Å². The molecule has 2 aromatic carbocycles. The molecule has 92 valence electrons. The summed E-state index contributed by atoms with van der Waals surface area (Å²) in [5.74, 6) is 0.642. The zero-order valence-electron chi connectivity index (χ0n) is 9.61. The Labute approximate surface area is 116 Å². The van der Waals surface area contributed by atoms with Gasteiger partial charge in [0.05, 0.1) is 11.6 Å². The number of hydrogen-bond donors (Lipinski definition) is 1. The van der Waals surface area contributed by atoms with Crippen molar-refractivity contribution in [3.8, 4) is 11.1 Å². The summed E-state index contributed by atoms with van der Waals surface area (Å²) in [4.78, 5) is 4.17. The van der Waals surface area contributed by atoms with Gasteiger partial charge in [-0.1, -0.05) is 35.9 Å². The van der Waals surface area contributed by atoms with Crippen LogP contribution in [-0.2, 0) is 0 Å². The maximum Gasteiger partial charge on any atom is 0.115 e. The second kappa shape index (κ2) is 5.89. The average molecular weight is 279 g/mol. The van der Waals surface area contributed by atoms with Crippen LogP contribution in [0.3, 0.4) is 0 Å². The van der Waals surface area contributed by atoms with Crippen molar-refractivity contribution in [3.63, 3.8) is 0 Å². The molecule has 0 heterocycles. The van der Waals surface area contributed by atoms with E-state index in [1.807, 2.05) is 48.5 Å². The maximum absolute atomic E-state index is 5.96. The molecular weight excluding hydrogens is 267 g/mol. The van der Waals surface area contributed by atoms with Gasteiger partial charge < -0.3 is 5.73 Å². The van der Waals surface area contributed by atoms with Gasteiger partial charge in [-0.25, -0.2) is 4.99 Å². The van der Waals surface area contributed by atoms with E-state index in [0.717, 1.165) is 21.8 Å². The van der Waals surface area contributed by atoms with Gasteiger partial charge in [0.1, 0.15) is 5.84 Å². The van der Waals surface area contributed by atoms with Gasteiger partial charge in [-0.15, -0.1) is 11.6 Å². The summed E-state index contributed by atoms with van der Waals surface area (Å²) in [6, 6.07) is 15.5. The minimum atomic E-state index is 0.232. The van der Waals surface area contributed by atoms with Crippen LogP contribution >= 0.6 is 23.2 Å². The first-order valence-electron chi connectivity index (χ1n) is 5.44. The van der Waals surface area contributed by atoms with Gasteiger partial charge in [-0.2, -0.15) is 0 Å². The highest BCUT2D eigenvalue weighted by atomic mass is 35.5. The number of hydrogen-bond acceptors (Lipinski definition) is 1. The largest absolute Gasteiger partial charge is 0.386 e. The first-order chi connectivity index (χ1) is 8.69. The van der Waals surface area contributed by atoms with Gasteiger partial charge >= 0.3 is 0 Å². The highest BCUT2D eigenvalue weighted by Gasteiger charge is 1.99. The Balaban J connectivity index is 2.28. The summed E-state index contributed by atoms with van der Waals surface area (Å²) in [5, 5.41) is 0.723. The molecular formula is C14H12Cl2N2. The zero-order valence-corrected chi connectivity index (χ0v) is 11.1. The van der Waals surface area contributed by atoms with Crippen LogP contribution in [0, 0.1) is 0 Å². The van der Waals surface area contributed by atoms with Crippen LogP contribution in [0.5, 0.6) is 0 Å². The summed E-state index contributed by atoms with van der Waals surface area (Å²) in [5.41, 5.74) is 8.52. The first kappa shape index (κ1) is 12.9. The van der Waals surface area contributed by atoms with E-state index in [1.54, 1.807) is 0 Å². The number of halogens is 2. The molecule has 2 N–H and O–H groups in total. The molecule has 0 fully saturated rings. The van der Waals surface area contributed by atoms with Crippen molar-refractivity contribution in [3.05, 3.63) is 53.6 Å². The van der Waals surface area contributed by atoms with E-state index in [4.69, 9.17) is 28.9 Å². The molecule has 0 atom stereocenters. The number of aliphatic imine (C=N–C) groups is 1. The normalized spacial score (nSPS) is 11.6. The molecule has 0 aliphatic heterocycles. The summed E-state index contributed by atoms with van der Waals surface area (Å²) < 4.78 is 0. The Morgan fingerprint density at radius 2 is 1.78 bits per heavy atom. The van der Waals surface area contributed by atoms with Crippen LogP contribution in [0.25, 0.3) is 11.1 Å². The minimum absolute atomic E-state index is 0.232. The smallest absolute Gasteiger partial charge is 0.115 e. The maximum atomic E-state index is 5.96. The Hall–Kier alpha value is -1.51. The number of alkyl halides is 1. The van der Waals surface area contributed by atoms with E-state index in [-0.39, 0.29) is 5.88 Å². The molecule has 0 aliphatic rings. The molecule has 2 aromatic rings. The molecule has 0 spiro atoms. The summed E-state index contributed by atoms with van der Waals surface area (Å²) >= 11 is 11.5. The van der Waals surface area contributed by atoms with Crippen molar-refractivity contribution in [1.29, 1.82) is 0 Å². The summed E-state index contributed by atoms with van der Waals surface area (Å²) in [7, 11) is 0. The number of nitrogens with two attached hydrogens (primary N) is 1. The van der Waals surface area contributed by atoms with Gasteiger partial charge in [0, 0.05) is 5.02 Å². The van der Waals surface area contributed by atoms with Crippen LogP contribution in [0.1, 0.15) is 0 Å². The lowest BCUT2D eigenvalue weighted by molar-refractivity contribution is 1.45. The van der Waals surface area contributed by atoms with Crippen LogP contribution in [0.4, 0.5) is 5.69 Å². The topological polar surface area (TPSA) is 38.4 Å². The van der Waals surface area contributed by atoms with Crippen LogP contribution in [0.2, 0.25) is 5.02 Å². The monoisotopic (exact) mass is 278 g/mol. The number of benzene rings is 2. The fourth-order valence-corrected chi connectivity index (χ4v) is 1.84. The summed E-state index contributed by atoms with van der Waals surface area (Å²) in [6.07, 6.45) is 0. The fraction of sp³-hybridized carbons (Fsp3) is 0.0714. The number of amidine groups is 1. The Bertz CT molecular complexity index is 562. The third-order valence-corrected chi connectivity index (χ3v) is 2.94. The quantitative estimate of drug-likeness (QED) is 0.509. The highest BCUT2D eigenvalue weighted by molar-refractivity contribution is 6.30. The lowest BCUT2D eigenvalue weighted by atomic mass is 10.1. The second-order valence-corrected chi connectivity index (χ2v) is 4.50. The van der Waals surface area contributed by atoms with E-state index in [1.165, 1.54) is 0 Å². The number of nitrogens with zero attached hydrogens (tertiary/aromatic N) is 1. The van der Waals surface area contributed by atoms with Gasteiger partial charge in [0.15, 0.2) is 0 Å². The van der Waals surface area contributed by atoms with E-state index < -0.39 is 0 Å². The molecule has 0 amide bonds.